The Morgan fingerprint density at radius 3 is 2.68 bits per heavy atom. The van der Waals surface area contributed by atoms with Crippen LogP contribution in [0, 0.1) is 0 Å². The molecule has 0 spiro atoms. The van der Waals surface area contributed by atoms with Crippen LogP contribution in [0.5, 0.6) is 0 Å². The number of nitrogens with zero attached hydrogens (tertiary/aromatic N) is 1. The zero-order chi connectivity index (χ0) is 15.9. The van der Waals surface area contributed by atoms with Crippen LogP contribution in [0.2, 0.25) is 0 Å². The van der Waals surface area contributed by atoms with Crippen molar-refractivity contribution in [2.45, 2.75) is 32.1 Å². The Bertz CT molecular complexity index is 512. The summed E-state index contributed by atoms with van der Waals surface area (Å²) in [6, 6.07) is 6.99. The first-order valence-electron chi connectivity index (χ1n) is 7.80. The molecule has 1 aliphatic rings. The Hall–Kier alpha value is -1.88. The average Bonchev–Trinajstić information content (AvgIpc) is 2.55. The van der Waals surface area contributed by atoms with Crippen LogP contribution < -0.4 is 0 Å². The molecule has 1 amide bonds. The molecule has 0 radical (unpaired) electrons. The first kappa shape index (κ1) is 16.5. The Morgan fingerprint density at radius 1 is 1.32 bits per heavy atom. The molecule has 1 fully saturated rings. The molecular weight excluding hydrogens is 282 g/mol. The lowest BCUT2D eigenvalue weighted by Gasteiger charge is -2.33. The molecule has 0 saturated carbocycles. The van der Waals surface area contributed by atoms with Crippen LogP contribution in [0.25, 0.3) is 0 Å². The Kier molecular flexibility index (Phi) is 5.95. The lowest BCUT2D eigenvalue weighted by atomic mass is 9.90. The maximum Gasteiger partial charge on any atom is 0.335 e. The van der Waals surface area contributed by atoms with Crippen molar-refractivity contribution in [1.29, 1.82) is 0 Å². The number of hydrogen-bond acceptors (Lipinski definition) is 3. The smallest absolute Gasteiger partial charge is 0.335 e. The maximum atomic E-state index is 12.2. The summed E-state index contributed by atoms with van der Waals surface area (Å²) >= 11 is 0. The number of aromatic carboxylic acids is 1. The van der Waals surface area contributed by atoms with Gasteiger partial charge >= 0.3 is 5.97 Å². The van der Waals surface area contributed by atoms with Crippen LogP contribution in [-0.2, 0) is 9.53 Å². The van der Waals surface area contributed by atoms with Crippen LogP contribution >= 0.6 is 0 Å². The van der Waals surface area contributed by atoms with Gasteiger partial charge in [-0.3, -0.25) is 4.79 Å². The van der Waals surface area contributed by atoms with Crippen LogP contribution in [0.4, 0.5) is 0 Å². The third-order valence-electron chi connectivity index (χ3n) is 4.07. The molecule has 0 aromatic heterocycles. The summed E-state index contributed by atoms with van der Waals surface area (Å²) in [5.74, 6) is -0.490. The molecule has 1 heterocycles. The van der Waals surface area contributed by atoms with Gasteiger partial charge < -0.3 is 14.7 Å². The molecule has 120 valence electrons. The molecule has 2 rings (SSSR count). The molecule has 1 aromatic rings. The number of carboxylic acid groups (broad SMARTS) is 1. The highest BCUT2D eigenvalue weighted by atomic mass is 16.5. The molecule has 1 saturated heterocycles. The van der Waals surface area contributed by atoms with E-state index in [4.69, 9.17) is 9.84 Å². The van der Waals surface area contributed by atoms with E-state index >= 15 is 0 Å². The van der Waals surface area contributed by atoms with Crippen LogP contribution in [0.15, 0.2) is 24.3 Å². The van der Waals surface area contributed by atoms with Gasteiger partial charge in [0.2, 0.25) is 5.91 Å². The molecule has 5 heteroatoms. The van der Waals surface area contributed by atoms with Crippen molar-refractivity contribution in [1.82, 2.24) is 4.90 Å². The van der Waals surface area contributed by atoms with Crippen molar-refractivity contribution in [3.8, 4) is 0 Å². The standard InChI is InChI=1S/C17H23NO4/c1-2-22-11-9-16(19)18-10-3-4-15(12-18)13-5-7-14(8-6-13)17(20)21/h5-8,15H,2-4,9-12H2,1H3,(H,20,21)/t15-/m1/s1. The van der Waals surface area contributed by atoms with Gasteiger partial charge in [-0.05, 0) is 37.5 Å². The zero-order valence-corrected chi connectivity index (χ0v) is 13.0. The average molecular weight is 305 g/mol. The van der Waals surface area contributed by atoms with Gasteiger partial charge in [0.05, 0.1) is 18.6 Å². The van der Waals surface area contributed by atoms with E-state index in [0.29, 0.717) is 31.7 Å². The summed E-state index contributed by atoms with van der Waals surface area (Å²) in [7, 11) is 0. The number of carbonyl (C=O) groups excluding carboxylic acids is 1. The number of amides is 1. The summed E-state index contributed by atoms with van der Waals surface area (Å²) in [6.07, 6.45) is 2.44. The number of likely N-dealkylation sites (tertiary alicyclic amines) is 1. The quantitative estimate of drug-likeness (QED) is 0.820. The van der Waals surface area contributed by atoms with E-state index in [0.717, 1.165) is 24.9 Å². The van der Waals surface area contributed by atoms with Gasteiger partial charge in [0.25, 0.3) is 0 Å². The van der Waals surface area contributed by atoms with Crippen molar-refractivity contribution in [3.63, 3.8) is 0 Å². The predicted molar refractivity (Wildman–Crippen MR) is 83.1 cm³/mol. The number of carboxylic acids is 1. The van der Waals surface area contributed by atoms with E-state index in [1.54, 1.807) is 12.1 Å². The fraction of sp³-hybridized carbons (Fsp3) is 0.529. The SMILES string of the molecule is CCOCCC(=O)N1CCC[C@@H](c2ccc(C(=O)O)cc2)C1. The molecule has 22 heavy (non-hydrogen) atoms. The number of rotatable bonds is 6. The molecule has 1 aliphatic heterocycles. The van der Waals surface area contributed by atoms with Gasteiger partial charge in [0.1, 0.15) is 0 Å². The fourth-order valence-corrected chi connectivity index (χ4v) is 2.84. The lowest BCUT2D eigenvalue weighted by Crippen LogP contribution is -2.39. The fourth-order valence-electron chi connectivity index (χ4n) is 2.84. The highest BCUT2D eigenvalue weighted by Crippen LogP contribution is 2.27. The van der Waals surface area contributed by atoms with Gasteiger partial charge in [-0.25, -0.2) is 4.79 Å². The molecule has 0 aliphatic carbocycles. The largest absolute Gasteiger partial charge is 0.478 e. The van der Waals surface area contributed by atoms with Gasteiger partial charge in [-0.15, -0.1) is 0 Å². The minimum absolute atomic E-state index is 0.139. The summed E-state index contributed by atoms with van der Waals surface area (Å²) in [5.41, 5.74) is 1.40. The number of hydrogen-bond donors (Lipinski definition) is 1. The number of carbonyl (C=O) groups is 2. The second-order valence-electron chi connectivity index (χ2n) is 5.55. The van der Waals surface area contributed by atoms with E-state index in [1.165, 1.54) is 0 Å². The summed E-state index contributed by atoms with van der Waals surface area (Å²) < 4.78 is 5.24. The maximum absolute atomic E-state index is 12.2. The van der Waals surface area contributed by atoms with Crippen LogP contribution in [0.3, 0.4) is 0 Å². The van der Waals surface area contributed by atoms with Crippen LogP contribution in [-0.4, -0.2) is 48.2 Å². The van der Waals surface area contributed by atoms with E-state index in [2.05, 4.69) is 0 Å². The monoisotopic (exact) mass is 305 g/mol. The van der Waals surface area contributed by atoms with Crippen molar-refractivity contribution in [2.75, 3.05) is 26.3 Å². The highest BCUT2D eigenvalue weighted by molar-refractivity contribution is 5.87. The summed E-state index contributed by atoms with van der Waals surface area (Å²) in [6.45, 7) is 4.53. The number of benzene rings is 1. The Morgan fingerprint density at radius 2 is 2.05 bits per heavy atom. The zero-order valence-electron chi connectivity index (χ0n) is 13.0. The van der Waals surface area contributed by atoms with Gasteiger partial charge in [-0.1, -0.05) is 12.1 Å². The number of piperidine rings is 1. The molecule has 5 nitrogen and oxygen atoms in total. The molecule has 1 atom stereocenters. The van der Waals surface area contributed by atoms with Crippen LogP contribution in [0.1, 0.15) is 48.0 Å². The predicted octanol–water partition coefficient (Wildman–Crippen LogP) is 2.52. The van der Waals surface area contributed by atoms with Crippen molar-refractivity contribution in [2.24, 2.45) is 0 Å². The highest BCUT2D eigenvalue weighted by Gasteiger charge is 2.24. The molecular formula is C17H23NO4. The molecule has 1 aromatic carbocycles. The second-order valence-corrected chi connectivity index (χ2v) is 5.55. The molecule has 0 unspecified atom stereocenters. The van der Waals surface area contributed by atoms with Gasteiger partial charge in [-0.2, -0.15) is 0 Å². The third kappa shape index (κ3) is 4.31. The summed E-state index contributed by atoms with van der Waals surface area (Å²) in [4.78, 5) is 25.0. The Balaban J connectivity index is 1.95. The lowest BCUT2D eigenvalue weighted by molar-refractivity contribution is -0.133. The Labute approximate surface area is 130 Å². The van der Waals surface area contributed by atoms with E-state index in [9.17, 15) is 9.59 Å². The summed E-state index contributed by atoms with van der Waals surface area (Å²) in [5, 5.41) is 8.94. The molecule has 1 N–H and O–H groups in total. The first-order valence-corrected chi connectivity index (χ1v) is 7.80. The van der Waals surface area contributed by atoms with Crippen molar-refractivity contribution < 1.29 is 19.4 Å². The minimum atomic E-state index is -0.914. The van der Waals surface area contributed by atoms with E-state index in [-0.39, 0.29) is 11.8 Å². The third-order valence-corrected chi connectivity index (χ3v) is 4.07. The first-order chi connectivity index (χ1) is 10.6. The second kappa shape index (κ2) is 7.94. The minimum Gasteiger partial charge on any atom is -0.478 e. The van der Waals surface area contributed by atoms with Gasteiger partial charge in [0, 0.05) is 25.6 Å². The topological polar surface area (TPSA) is 66.8 Å². The molecule has 0 bridgehead atoms. The van der Waals surface area contributed by atoms with E-state index in [1.807, 2.05) is 24.0 Å². The number of ether oxygens (including phenoxy) is 1. The normalized spacial score (nSPS) is 18.2. The van der Waals surface area contributed by atoms with E-state index < -0.39 is 5.97 Å². The van der Waals surface area contributed by atoms with Crippen molar-refractivity contribution >= 4 is 11.9 Å². The van der Waals surface area contributed by atoms with Gasteiger partial charge in [0.15, 0.2) is 0 Å². The van der Waals surface area contributed by atoms with Crippen molar-refractivity contribution in [3.05, 3.63) is 35.4 Å².